The summed E-state index contributed by atoms with van der Waals surface area (Å²) in [4.78, 5) is 12.4. The summed E-state index contributed by atoms with van der Waals surface area (Å²) in [5, 5.41) is 4.53. The van der Waals surface area contributed by atoms with Crippen LogP contribution in [0.25, 0.3) is 22.1 Å². The summed E-state index contributed by atoms with van der Waals surface area (Å²) in [6.07, 6.45) is 4.83. The van der Waals surface area contributed by atoms with E-state index in [9.17, 15) is 4.79 Å². The molecule has 2 saturated heterocycles. The van der Waals surface area contributed by atoms with Gasteiger partial charge >= 0.3 is 5.63 Å². The fraction of sp³-hybridized carbons (Fsp3) is 0.318. The molecular weight excluding hydrogens is 326 g/mol. The lowest BCUT2D eigenvalue weighted by atomic mass is 10.0. The Bertz CT molecular complexity index is 983. The average Bonchev–Trinajstić information content (AvgIpc) is 3.00. The highest BCUT2D eigenvalue weighted by Crippen LogP contribution is 2.31. The molecule has 0 spiro atoms. The molecule has 2 bridgehead atoms. The van der Waals surface area contributed by atoms with Crippen molar-refractivity contribution in [3.05, 3.63) is 65.0 Å². The summed E-state index contributed by atoms with van der Waals surface area (Å²) in [6.45, 7) is 0. The maximum absolute atomic E-state index is 12.4. The third-order valence-corrected chi connectivity index (χ3v) is 5.52. The van der Waals surface area contributed by atoms with Crippen molar-refractivity contribution in [3.8, 4) is 16.9 Å². The standard InChI is InChI=1S/C22H21NO3/c24-22-20(14-4-2-1-3-5-14)10-15-6-9-18(13-21(15)26-22)25-19-11-16-7-8-17(12-19)23-16/h1-6,9-10,13,16-17,19,23H,7-8,11-12H2/t16-,17+,19?. The summed E-state index contributed by atoms with van der Waals surface area (Å²) < 4.78 is 11.8. The zero-order valence-corrected chi connectivity index (χ0v) is 14.5. The molecule has 0 amide bonds. The molecule has 2 aliphatic heterocycles. The molecule has 2 fully saturated rings. The molecule has 5 rings (SSSR count). The van der Waals surface area contributed by atoms with Crippen molar-refractivity contribution in [3.63, 3.8) is 0 Å². The van der Waals surface area contributed by atoms with Gasteiger partial charge in [-0.2, -0.15) is 0 Å². The predicted molar refractivity (Wildman–Crippen MR) is 102 cm³/mol. The van der Waals surface area contributed by atoms with E-state index in [0.29, 0.717) is 23.2 Å². The first-order valence-corrected chi connectivity index (χ1v) is 9.31. The smallest absolute Gasteiger partial charge is 0.344 e. The van der Waals surface area contributed by atoms with E-state index in [2.05, 4.69) is 5.32 Å². The van der Waals surface area contributed by atoms with E-state index < -0.39 is 0 Å². The first kappa shape index (κ1) is 15.6. The summed E-state index contributed by atoms with van der Waals surface area (Å²) in [5.41, 5.74) is 1.71. The van der Waals surface area contributed by atoms with Crippen molar-refractivity contribution in [1.82, 2.24) is 5.32 Å². The van der Waals surface area contributed by atoms with Gasteiger partial charge in [0.1, 0.15) is 17.4 Å². The average molecular weight is 347 g/mol. The minimum absolute atomic E-state index is 0.238. The SMILES string of the molecule is O=c1oc2cc(OC3C[C@H]4CC[C@@H](C3)N4)ccc2cc1-c1ccccc1. The second kappa shape index (κ2) is 6.29. The van der Waals surface area contributed by atoms with Crippen LogP contribution in [0.4, 0.5) is 0 Å². The summed E-state index contributed by atoms with van der Waals surface area (Å²) in [7, 11) is 0. The van der Waals surface area contributed by atoms with Gasteiger partial charge in [0.15, 0.2) is 0 Å². The zero-order valence-electron chi connectivity index (χ0n) is 14.5. The van der Waals surface area contributed by atoms with Crippen molar-refractivity contribution in [2.24, 2.45) is 0 Å². The molecule has 4 nitrogen and oxygen atoms in total. The quantitative estimate of drug-likeness (QED) is 0.724. The van der Waals surface area contributed by atoms with Gasteiger partial charge in [-0.05, 0) is 49.4 Å². The number of benzene rings is 2. The molecule has 1 N–H and O–H groups in total. The number of hydrogen-bond acceptors (Lipinski definition) is 4. The van der Waals surface area contributed by atoms with Crippen molar-refractivity contribution in [2.75, 3.05) is 0 Å². The molecular formula is C22H21NO3. The van der Waals surface area contributed by atoms with Gasteiger partial charge in [0.25, 0.3) is 0 Å². The van der Waals surface area contributed by atoms with Crippen LogP contribution in [0.5, 0.6) is 5.75 Å². The monoisotopic (exact) mass is 347 g/mol. The van der Waals surface area contributed by atoms with Crippen LogP contribution in [0, 0.1) is 0 Å². The third-order valence-electron chi connectivity index (χ3n) is 5.52. The number of nitrogens with one attached hydrogen (secondary N) is 1. The van der Waals surface area contributed by atoms with Crippen molar-refractivity contribution < 1.29 is 9.15 Å². The Balaban J connectivity index is 1.44. The molecule has 4 heteroatoms. The van der Waals surface area contributed by atoms with Crippen molar-refractivity contribution >= 4 is 11.0 Å². The molecule has 3 atom stereocenters. The molecule has 2 aliphatic rings. The highest BCUT2D eigenvalue weighted by molar-refractivity contribution is 5.82. The zero-order chi connectivity index (χ0) is 17.5. The van der Waals surface area contributed by atoms with E-state index in [1.807, 2.05) is 54.6 Å². The van der Waals surface area contributed by atoms with Crippen LogP contribution in [0.3, 0.4) is 0 Å². The van der Waals surface area contributed by atoms with E-state index >= 15 is 0 Å². The molecule has 0 saturated carbocycles. The van der Waals surface area contributed by atoms with Crippen molar-refractivity contribution in [1.29, 1.82) is 0 Å². The van der Waals surface area contributed by atoms with E-state index in [-0.39, 0.29) is 11.7 Å². The molecule has 26 heavy (non-hydrogen) atoms. The molecule has 3 heterocycles. The molecule has 3 aromatic rings. The normalized spacial score (nSPS) is 24.7. The van der Waals surface area contributed by atoms with Crippen molar-refractivity contribution in [2.45, 2.75) is 43.9 Å². The van der Waals surface area contributed by atoms with Crippen LogP contribution in [0.2, 0.25) is 0 Å². The molecule has 0 radical (unpaired) electrons. The number of rotatable bonds is 3. The van der Waals surface area contributed by atoms with Gasteiger partial charge in [0.05, 0.1) is 5.56 Å². The van der Waals surface area contributed by atoms with Gasteiger partial charge in [0, 0.05) is 23.5 Å². The second-order valence-electron chi connectivity index (χ2n) is 7.36. The van der Waals surface area contributed by atoms with E-state index in [4.69, 9.17) is 9.15 Å². The van der Waals surface area contributed by atoms with Gasteiger partial charge in [-0.25, -0.2) is 4.79 Å². The van der Waals surface area contributed by atoms with Crippen LogP contribution in [0.1, 0.15) is 25.7 Å². The maximum atomic E-state index is 12.4. The minimum atomic E-state index is -0.319. The Hall–Kier alpha value is -2.59. The third kappa shape index (κ3) is 2.90. The molecule has 132 valence electrons. The lowest BCUT2D eigenvalue weighted by Crippen LogP contribution is -2.42. The number of fused-ring (bicyclic) bond motifs is 3. The maximum Gasteiger partial charge on any atom is 0.344 e. The van der Waals surface area contributed by atoms with Gasteiger partial charge in [-0.3, -0.25) is 0 Å². The fourth-order valence-corrected chi connectivity index (χ4v) is 4.28. The van der Waals surface area contributed by atoms with E-state index in [1.54, 1.807) is 0 Å². The second-order valence-corrected chi connectivity index (χ2v) is 7.36. The Morgan fingerprint density at radius 2 is 1.73 bits per heavy atom. The number of hydrogen-bond donors (Lipinski definition) is 1. The highest BCUT2D eigenvalue weighted by Gasteiger charge is 2.34. The first-order valence-electron chi connectivity index (χ1n) is 9.31. The number of ether oxygens (including phenoxy) is 1. The van der Waals surface area contributed by atoms with Gasteiger partial charge in [-0.1, -0.05) is 30.3 Å². The largest absolute Gasteiger partial charge is 0.490 e. The lowest BCUT2D eigenvalue weighted by molar-refractivity contribution is 0.137. The Morgan fingerprint density at radius 1 is 0.962 bits per heavy atom. The van der Waals surface area contributed by atoms with Crippen LogP contribution < -0.4 is 15.7 Å². The fourth-order valence-electron chi connectivity index (χ4n) is 4.28. The number of piperidine rings is 1. The van der Waals surface area contributed by atoms with Gasteiger partial charge < -0.3 is 14.5 Å². The molecule has 1 aromatic heterocycles. The summed E-state index contributed by atoms with van der Waals surface area (Å²) >= 11 is 0. The lowest BCUT2D eigenvalue weighted by Gasteiger charge is -2.29. The Kier molecular flexibility index (Phi) is 3.79. The van der Waals surface area contributed by atoms with E-state index in [0.717, 1.165) is 29.5 Å². The van der Waals surface area contributed by atoms with Gasteiger partial charge in [0.2, 0.25) is 0 Å². The molecule has 0 aliphatic carbocycles. The van der Waals surface area contributed by atoms with Crippen LogP contribution in [0.15, 0.2) is 63.8 Å². The molecule has 1 unspecified atom stereocenters. The predicted octanol–water partition coefficient (Wildman–Crippen LogP) is 4.12. The Morgan fingerprint density at radius 3 is 2.50 bits per heavy atom. The molecule has 2 aromatic carbocycles. The minimum Gasteiger partial charge on any atom is -0.490 e. The van der Waals surface area contributed by atoms with E-state index in [1.165, 1.54) is 12.8 Å². The summed E-state index contributed by atoms with van der Waals surface area (Å²) in [6, 6.07) is 18.5. The Labute approximate surface area is 151 Å². The van der Waals surface area contributed by atoms with Crippen LogP contribution in [-0.2, 0) is 0 Å². The topological polar surface area (TPSA) is 51.5 Å². The van der Waals surface area contributed by atoms with Crippen LogP contribution in [-0.4, -0.2) is 18.2 Å². The highest BCUT2D eigenvalue weighted by atomic mass is 16.5. The van der Waals surface area contributed by atoms with Crippen LogP contribution >= 0.6 is 0 Å². The summed E-state index contributed by atoms with van der Waals surface area (Å²) in [5.74, 6) is 0.777. The van der Waals surface area contributed by atoms with Gasteiger partial charge in [-0.15, -0.1) is 0 Å². The first-order chi connectivity index (χ1) is 12.7.